The van der Waals surface area contributed by atoms with Crippen molar-refractivity contribution in [2.24, 2.45) is 5.92 Å². The van der Waals surface area contributed by atoms with Gasteiger partial charge in [0.05, 0.1) is 18.1 Å². The summed E-state index contributed by atoms with van der Waals surface area (Å²) in [6.45, 7) is 6.32. The SMILES string of the molecule is CCc1ccccc1NC(=O)Nc1cnc(N2CCC(C)CC2)nc1. The number of piperidine rings is 1. The molecule has 0 saturated carbocycles. The van der Waals surface area contributed by atoms with E-state index in [4.69, 9.17) is 0 Å². The van der Waals surface area contributed by atoms with Crippen molar-refractivity contribution in [3.05, 3.63) is 42.2 Å². The highest BCUT2D eigenvalue weighted by molar-refractivity contribution is 6.00. The van der Waals surface area contributed by atoms with Crippen LogP contribution in [0.5, 0.6) is 0 Å². The molecule has 1 fully saturated rings. The lowest BCUT2D eigenvalue weighted by Gasteiger charge is -2.30. The number of carbonyl (C=O) groups is 1. The van der Waals surface area contributed by atoms with Crippen molar-refractivity contribution in [3.8, 4) is 0 Å². The molecule has 2 amide bonds. The first-order valence-electron chi connectivity index (χ1n) is 8.88. The minimum atomic E-state index is -0.288. The van der Waals surface area contributed by atoms with Crippen molar-refractivity contribution in [2.75, 3.05) is 28.6 Å². The molecule has 25 heavy (non-hydrogen) atoms. The summed E-state index contributed by atoms with van der Waals surface area (Å²) in [7, 11) is 0. The number of nitrogens with zero attached hydrogens (tertiary/aromatic N) is 3. The summed E-state index contributed by atoms with van der Waals surface area (Å²) in [5, 5.41) is 5.66. The molecule has 6 nitrogen and oxygen atoms in total. The molecule has 0 aliphatic carbocycles. The van der Waals surface area contributed by atoms with Gasteiger partial charge in [0, 0.05) is 18.8 Å². The van der Waals surface area contributed by atoms with Crippen molar-refractivity contribution in [1.82, 2.24) is 9.97 Å². The topological polar surface area (TPSA) is 70.2 Å². The predicted octanol–water partition coefficient (Wildman–Crippen LogP) is 3.92. The lowest BCUT2D eigenvalue weighted by Crippen LogP contribution is -2.34. The smallest absolute Gasteiger partial charge is 0.323 e. The van der Waals surface area contributed by atoms with E-state index in [0.29, 0.717) is 5.69 Å². The molecular formula is C19H25N5O. The molecule has 0 unspecified atom stereocenters. The molecule has 0 atom stereocenters. The maximum Gasteiger partial charge on any atom is 0.323 e. The summed E-state index contributed by atoms with van der Waals surface area (Å²) < 4.78 is 0. The second kappa shape index (κ2) is 7.96. The molecule has 2 heterocycles. The maximum absolute atomic E-state index is 12.2. The molecule has 6 heteroatoms. The molecule has 0 radical (unpaired) electrons. The quantitative estimate of drug-likeness (QED) is 0.886. The van der Waals surface area contributed by atoms with Crippen LogP contribution < -0.4 is 15.5 Å². The summed E-state index contributed by atoms with van der Waals surface area (Å²) in [5.41, 5.74) is 2.51. The summed E-state index contributed by atoms with van der Waals surface area (Å²) in [4.78, 5) is 23.2. The van der Waals surface area contributed by atoms with Crippen molar-refractivity contribution in [1.29, 1.82) is 0 Å². The lowest BCUT2D eigenvalue weighted by molar-refractivity contribution is 0.262. The zero-order chi connectivity index (χ0) is 17.6. The molecule has 1 aromatic heterocycles. The summed E-state index contributed by atoms with van der Waals surface area (Å²) in [6.07, 6.45) is 6.52. The molecule has 1 aromatic carbocycles. The molecule has 0 spiro atoms. The first kappa shape index (κ1) is 17.2. The highest BCUT2D eigenvalue weighted by Gasteiger charge is 2.17. The summed E-state index contributed by atoms with van der Waals surface area (Å²) >= 11 is 0. The molecular weight excluding hydrogens is 314 g/mol. The van der Waals surface area contributed by atoms with Crippen LogP contribution >= 0.6 is 0 Å². The second-order valence-electron chi connectivity index (χ2n) is 6.53. The molecule has 0 bridgehead atoms. The van der Waals surface area contributed by atoms with Crippen LogP contribution in [0, 0.1) is 5.92 Å². The normalized spacial score (nSPS) is 15.0. The van der Waals surface area contributed by atoms with Crippen LogP contribution in [0.15, 0.2) is 36.7 Å². The number of para-hydroxylation sites is 1. The van der Waals surface area contributed by atoms with Gasteiger partial charge < -0.3 is 15.5 Å². The number of aryl methyl sites for hydroxylation is 1. The van der Waals surface area contributed by atoms with Gasteiger partial charge in [-0.1, -0.05) is 32.0 Å². The summed E-state index contributed by atoms with van der Waals surface area (Å²) in [6, 6.07) is 7.49. The number of hydrogen-bond acceptors (Lipinski definition) is 4. The Labute approximate surface area is 148 Å². The lowest BCUT2D eigenvalue weighted by atomic mass is 10.00. The van der Waals surface area contributed by atoms with E-state index in [1.165, 1.54) is 12.8 Å². The minimum Gasteiger partial charge on any atom is -0.341 e. The van der Waals surface area contributed by atoms with Crippen molar-refractivity contribution >= 4 is 23.4 Å². The predicted molar refractivity (Wildman–Crippen MR) is 101 cm³/mol. The van der Waals surface area contributed by atoms with Crippen LogP contribution in [-0.2, 0) is 6.42 Å². The van der Waals surface area contributed by atoms with Crippen LogP contribution in [-0.4, -0.2) is 29.1 Å². The third-order valence-corrected chi connectivity index (χ3v) is 4.61. The minimum absolute atomic E-state index is 0.288. The van der Waals surface area contributed by atoms with E-state index in [9.17, 15) is 4.79 Å². The van der Waals surface area contributed by atoms with Gasteiger partial charge in [-0.15, -0.1) is 0 Å². The fraction of sp³-hybridized carbons (Fsp3) is 0.421. The molecule has 1 saturated heterocycles. The van der Waals surface area contributed by atoms with Gasteiger partial charge in [0.1, 0.15) is 0 Å². The number of amides is 2. The van der Waals surface area contributed by atoms with Gasteiger partial charge in [-0.3, -0.25) is 0 Å². The number of anilines is 3. The van der Waals surface area contributed by atoms with E-state index in [-0.39, 0.29) is 6.03 Å². The van der Waals surface area contributed by atoms with Crippen molar-refractivity contribution < 1.29 is 4.79 Å². The Morgan fingerprint density at radius 3 is 2.52 bits per heavy atom. The Balaban J connectivity index is 1.58. The Kier molecular flexibility index (Phi) is 5.48. The average Bonchev–Trinajstić information content (AvgIpc) is 2.63. The highest BCUT2D eigenvalue weighted by atomic mass is 16.2. The molecule has 2 N–H and O–H groups in total. The van der Waals surface area contributed by atoms with Crippen LogP contribution in [0.1, 0.15) is 32.3 Å². The van der Waals surface area contributed by atoms with Crippen LogP contribution in [0.4, 0.5) is 22.1 Å². The van der Waals surface area contributed by atoms with Gasteiger partial charge in [0.2, 0.25) is 5.95 Å². The van der Waals surface area contributed by atoms with Gasteiger partial charge in [-0.05, 0) is 36.8 Å². The fourth-order valence-corrected chi connectivity index (χ4v) is 2.99. The highest BCUT2D eigenvalue weighted by Crippen LogP contribution is 2.20. The summed E-state index contributed by atoms with van der Waals surface area (Å²) in [5.74, 6) is 1.50. The standard InChI is InChI=1S/C19H25N5O/c1-3-15-6-4-5-7-17(15)23-19(25)22-16-12-20-18(21-13-16)24-10-8-14(2)9-11-24/h4-7,12-14H,3,8-11H2,1-2H3,(H2,22,23,25). The number of urea groups is 1. The number of carbonyl (C=O) groups excluding carboxylic acids is 1. The van der Waals surface area contributed by atoms with E-state index < -0.39 is 0 Å². The van der Waals surface area contributed by atoms with Crippen LogP contribution in [0.25, 0.3) is 0 Å². The van der Waals surface area contributed by atoms with Crippen molar-refractivity contribution in [2.45, 2.75) is 33.1 Å². The zero-order valence-corrected chi connectivity index (χ0v) is 14.8. The van der Waals surface area contributed by atoms with Gasteiger partial charge >= 0.3 is 6.03 Å². The number of aromatic nitrogens is 2. The van der Waals surface area contributed by atoms with Crippen LogP contribution in [0.3, 0.4) is 0 Å². The third-order valence-electron chi connectivity index (χ3n) is 4.61. The van der Waals surface area contributed by atoms with E-state index >= 15 is 0 Å². The second-order valence-corrected chi connectivity index (χ2v) is 6.53. The van der Waals surface area contributed by atoms with E-state index in [1.54, 1.807) is 12.4 Å². The Morgan fingerprint density at radius 1 is 1.16 bits per heavy atom. The zero-order valence-electron chi connectivity index (χ0n) is 14.8. The van der Waals surface area contributed by atoms with Gasteiger partial charge in [-0.25, -0.2) is 14.8 Å². The third kappa shape index (κ3) is 4.47. The number of hydrogen-bond donors (Lipinski definition) is 2. The monoisotopic (exact) mass is 339 g/mol. The van der Waals surface area contributed by atoms with E-state index in [0.717, 1.165) is 42.6 Å². The van der Waals surface area contributed by atoms with Crippen LogP contribution in [0.2, 0.25) is 0 Å². The van der Waals surface area contributed by atoms with E-state index in [1.807, 2.05) is 24.3 Å². The molecule has 2 aromatic rings. The Morgan fingerprint density at radius 2 is 1.84 bits per heavy atom. The molecule has 132 valence electrons. The Hall–Kier alpha value is -2.63. The van der Waals surface area contributed by atoms with Gasteiger partial charge in [-0.2, -0.15) is 0 Å². The fourth-order valence-electron chi connectivity index (χ4n) is 2.99. The maximum atomic E-state index is 12.2. The average molecular weight is 339 g/mol. The van der Waals surface area contributed by atoms with Gasteiger partial charge in [0.25, 0.3) is 0 Å². The van der Waals surface area contributed by atoms with Gasteiger partial charge in [0.15, 0.2) is 0 Å². The van der Waals surface area contributed by atoms with E-state index in [2.05, 4.69) is 39.3 Å². The number of benzene rings is 1. The van der Waals surface area contributed by atoms with Crippen molar-refractivity contribution in [3.63, 3.8) is 0 Å². The largest absolute Gasteiger partial charge is 0.341 e. The molecule has 1 aliphatic rings. The number of rotatable bonds is 4. The Bertz CT molecular complexity index is 708. The first-order chi connectivity index (χ1) is 12.2. The first-order valence-corrected chi connectivity index (χ1v) is 8.88. The number of nitrogens with one attached hydrogen (secondary N) is 2. The molecule has 1 aliphatic heterocycles. The molecule has 3 rings (SSSR count).